The first-order valence-corrected chi connectivity index (χ1v) is 7.40. The molecule has 0 saturated carbocycles. The minimum atomic E-state index is 0.465. The van der Waals surface area contributed by atoms with E-state index in [9.17, 15) is 0 Å². The first-order valence-electron chi connectivity index (χ1n) is 6.60. The molecule has 0 spiro atoms. The Bertz CT molecular complexity index is 581. The Morgan fingerprint density at radius 1 is 1.42 bits per heavy atom. The number of nitrogens with zero attached hydrogens (tertiary/aromatic N) is 4. The Labute approximate surface area is 121 Å². The summed E-state index contributed by atoms with van der Waals surface area (Å²) in [4.78, 5) is 6.89. The lowest BCUT2D eigenvalue weighted by atomic mass is 9.99. The van der Waals surface area contributed by atoms with Crippen LogP contribution in [-0.4, -0.2) is 45.2 Å². The molecule has 1 aliphatic rings. The summed E-state index contributed by atoms with van der Waals surface area (Å²) in [5.74, 6) is 0.722. The number of pyridine rings is 1. The highest BCUT2D eigenvalue weighted by molar-refractivity contribution is 9.10. The highest BCUT2D eigenvalue weighted by Gasteiger charge is 2.23. The van der Waals surface area contributed by atoms with Gasteiger partial charge in [0.25, 0.3) is 0 Å². The maximum Gasteiger partial charge on any atom is 0.243 e. The quantitative estimate of drug-likeness (QED) is 0.921. The molecule has 1 N–H and O–H groups in total. The van der Waals surface area contributed by atoms with E-state index in [1.807, 2.05) is 18.3 Å². The van der Waals surface area contributed by atoms with Gasteiger partial charge in [0.05, 0.1) is 0 Å². The van der Waals surface area contributed by atoms with Gasteiger partial charge in [-0.25, -0.2) is 4.52 Å². The largest absolute Gasteiger partial charge is 0.350 e. The van der Waals surface area contributed by atoms with Crippen LogP contribution in [0.2, 0.25) is 0 Å². The third kappa shape index (κ3) is 2.74. The van der Waals surface area contributed by atoms with Gasteiger partial charge in [-0.2, -0.15) is 4.98 Å². The van der Waals surface area contributed by atoms with Gasteiger partial charge >= 0.3 is 0 Å². The highest BCUT2D eigenvalue weighted by atomic mass is 79.9. The number of rotatable bonds is 2. The molecule has 6 heteroatoms. The zero-order chi connectivity index (χ0) is 13.4. The number of piperidine rings is 1. The number of nitrogens with one attached hydrogen (secondary N) is 1. The molecule has 3 rings (SSSR count). The molecule has 2 unspecified atom stereocenters. The predicted molar refractivity (Wildman–Crippen MR) is 79.4 cm³/mol. The van der Waals surface area contributed by atoms with E-state index in [2.05, 4.69) is 50.2 Å². The van der Waals surface area contributed by atoms with Crippen LogP contribution in [0.1, 0.15) is 19.8 Å². The SMILES string of the molecule is CC1CC(Nc2nc3ccc(Br)cn3n2)CCN1C. The summed E-state index contributed by atoms with van der Waals surface area (Å²) < 4.78 is 2.80. The topological polar surface area (TPSA) is 45.5 Å². The van der Waals surface area contributed by atoms with E-state index in [1.54, 1.807) is 4.52 Å². The summed E-state index contributed by atoms with van der Waals surface area (Å²) >= 11 is 3.44. The van der Waals surface area contributed by atoms with Gasteiger partial charge in [-0.3, -0.25) is 0 Å². The van der Waals surface area contributed by atoms with Crippen LogP contribution < -0.4 is 5.32 Å². The highest BCUT2D eigenvalue weighted by Crippen LogP contribution is 2.19. The second kappa shape index (κ2) is 5.09. The zero-order valence-electron chi connectivity index (χ0n) is 11.2. The molecule has 1 fully saturated rings. The van der Waals surface area contributed by atoms with Gasteiger partial charge in [0, 0.05) is 29.3 Å². The second-order valence-corrected chi connectivity index (χ2v) is 6.20. The Morgan fingerprint density at radius 2 is 2.26 bits per heavy atom. The smallest absolute Gasteiger partial charge is 0.243 e. The number of hydrogen-bond donors (Lipinski definition) is 1. The van der Waals surface area contributed by atoms with E-state index < -0.39 is 0 Å². The number of hydrogen-bond acceptors (Lipinski definition) is 4. The lowest BCUT2D eigenvalue weighted by Crippen LogP contribution is -2.42. The van der Waals surface area contributed by atoms with Crippen molar-refractivity contribution in [1.29, 1.82) is 0 Å². The van der Waals surface area contributed by atoms with Crippen molar-refractivity contribution in [1.82, 2.24) is 19.5 Å². The molecule has 3 heterocycles. The summed E-state index contributed by atoms with van der Waals surface area (Å²) in [7, 11) is 2.18. The van der Waals surface area contributed by atoms with Crippen molar-refractivity contribution >= 4 is 27.5 Å². The monoisotopic (exact) mass is 323 g/mol. The van der Waals surface area contributed by atoms with Crippen LogP contribution in [0.15, 0.2) is 22.8 Å². The molecule has 2 aromatic heterocycles. The Morgan fingerprint density at radius 3 is 3.05 bits per heavy atom. The summed E-state index contributed by atoms with van der Waals surface area (Å²) in [6.45, 7) is 3.39. The lowest BCUT2D eigenvalue weighted by molar-refractivity contribution is 0.190. The van der Waals surface area contributed by atoms with Crippen LogP contribution in [0, 0.1) is 0 Å². The van der Waals surface area contributed by atoms with Crippen molar-refractivity contribution in [2.24, 2.45) is 0 Å². The number of likely N-dealkylation sites (tertiary alicyclic amines) is 1. The number of anilines is 1. The third-order valence-corrected chi connectivity index (χ3v) is 4.31. The maximum atomic E-state index is 4.50. The van der Waals surface area contributed by atoms with Crippen molar-refractivity contribution in [3.05, 3.63) is 22.8 Å². The van der Waals surface area contributed by atoms with E-state index in [0.29, 0.717) is 12.1 Å². The molecule has 19 heavy (non-hydrogen) atoms. The van der Waals surface area contributed by atoms with Crippen molar-refractivity contribution in [2.45, 2.75) is 31.8 Å². The average Bonchev–Trinajstić information content (AvgIpc) is 2.75. The fraction of sp³-hybridized carbons (Fsp3) is 0.538. The van der Waals surface area contributed by atoms with Gasteiger partial charge in [-0.15, -0.1) is 5.10 Å². The van der Waals surface area contributed by atoms with Crippen LogP contribution in [0.4, 0.5) is 5.95 Å². The standard InChI is InChI=1S/C13H18BrN5/c1-9-7-11(5-6-18(9)2)15-13-16-12-4-3-10(14)8-19(12)17-13/h3-4,8-9,11H,5-7H2,1-2H3,(H,15,17). The van der Waals surface area contributed by atoms with E-state index >= 15 is 0 Å². The summed E-state index contributed by atoms with van der Waals surface area (Å²) in [6, 6.07) is 5.01. The first kappa shape index (κ1) is 12.9. The molecular formula is C13H18BrN5. The fourth-order valence-electron chi connectivity index (χ4n) is 2.52. The van der Waals surface area contributed by atoms with Gasteiger partial charge in [0.15, 0.2) is 5.65 Å². The number of fused-ring (bicyclic) bond motifs is 1. The maximum absolute atomic E-state index is 4.50. The van der Waals surface area contributed by atoms with Crippen molar-refractivity contribution in [2.75, 3.05) is 18.9 Å². The minimum Gasteiger partial charge on any atom is -0.350 e. The van der Waals surface area contributed by atoms with Crippen LogP contribution in [-0.2, 0) is 0 Å². The van der Waals surface area contributed by atoms with Crippen molar-refractivity contribution in [3.8, 4) is 0 Å². The predicted octanol–water partition coefficient (Wildman–Crippen LogP) is 2.39. The molecular weight excluding hydrogens is 306 g/mol. The summed E-state index contributed by atoms with van der Waals surface area (Å²) in [5, 5.41) is 7.92. The van der Waals surface area contributed by atoms with Crippen LogP contribution in [0.3, 0.4) is 0 Å². The summed E-state index contributed by atoms with van der Waals surface area (Å²) in [5.41, 5.74) is 0.867. The minimum absolute atomic E-state index is 0.465. The van der Waals surface area contributed by atoms with E-state index in [1.165, 1.54) is 0 Å². The normalized spacial score (nSPS) is 24.8. The molecule has 1 saturated heterocycles. The van der Waals surface area contributed by atoms with E-state index in [0.717, 1.165) is 35.5 Å². The van der Waals surface area contributed by atoms with Crippen molar-refractivity contribution in [3.63, 3.8) is 0 Å². The molecule has 0 aliphatic carbocycles. The molecule has 2 aromatic rings. The first-order chi connectivity index (χ1) is 9.11. The van der Waals surface area contributed by atoms with Gasteiger partial charge in [-0.1, -0.05) is 0 Å². The molecule has 5 nitrogen and oxygen atoms in total. The zero-order valence-corrected chi connectivity index (χ0v) is 12.8. The molecule has 0 radical (unpaired) electrons. The molecule has 0 aromatic carbocycles. The van der Waals surface area contributed by atoms with Gasteiger partial charge < -0.3 is 10.2 Å². The van der Waals surface area contributed by atoms with E-state index in [-0.39, 0.29) is 0 Å². The lowest BCUT2D eigenvalue weighted by Gasteiger charge is -2.35. The second-order valence-electron chi connectivity index (χ2n) is 5.28. The van der Waals surface area contributed by atoms with E-state index in [4.69, 9.17) is 0 Å². The Hall–Kier alpha value is -1.14. The van der Waals surface area contributed by atoms with Crippen LogP contribution in [0.5, 0.6) is 0 Å². The fourth-order valence-corrected chi connectivity index (χ4v) is 2.85. The van der Waals surface area contributed by atoms with Gasteiger partial charge in [0.2, 0.25) is 5.95 Å². The number of halogens is 1. The molecule has 2 atom stereocenters. The van der Waals surface area contributed by atoms with Gasteiger partial charge in [0.1, 0.15) is 0 Å². The van der Waals surface area contributed by atoms with Crippen LogP contribution >= 0.6 is 15.9 Å². The summed E-state index contributed by atoms with van der Waals surface area (Å²) in [6.07, 6.45) is 4.20. The Kier molecular flexibility index (Phi) is 3.45. The van der Waals surface area contributed by atoms with Gasteiger partial charge in [-0.05, 0) is 54.9 Å². The van der Waals surface area contributed by atoms with Crippen LogP contribution in [0.25, 0.3) is 5.65 Å². The molecule has 1 aliphatic heterocycles. The third-order valence-electron chi connectivity index (χ3n) is 3.84. The Balaban J connectivity index is 1.74. The number of aromatic nitrogens is 3. The molecule has 0 bridgehead atoms. The molecule has 102 valence electrons. The van der Waals surface area contributed by atoms with Crippen molar-refractivity contribution < 1.29 is 0 Å². The average molecular weight is 324 g/mol. The molecule has 0 amide bonds.